The number of nitrogens with zero attached hydrogens (tertiary/aromatic N) is 3. The van der Waals surface area contributed by atoms with Gasteiger partial charge in [0.15, 0.2) is 0 Å². The van der Waals surface area contributed by atoms with Gasteiger partial charge in [0.25, 0.3) is 0 Å². The summed E-state index contributed by atoms with van der Waals surface area (Å²) in [6.07, 6.45) is -0.485. The first kappa shape index (κ1) is 15.7. The van der Waals surface area contributed by atoms with Crippen molar-refractivity contribution in [1.29, 1.82) is 0 Å². The fraction of sp³-hybridized carbons (Fsp3) is 0.600. The first-order valence-corrected chi connectivity index (χ1v) is 6.30. The molecule has 0 aliphatic carbocycles. The molecule has 1 aromatic heterocycles. The fourth-order valence-corrected chi connectivity index (χ4v) is 1.42. The van der Waals surface area contributed by atoms with Crippen molar-refractivity contribution >= 4 is 35.2 Å². The standard InChI is InChI=1S/C10H15Cl2N5O2/c1-10(2,3)19-9(18)14-5-4-13-8-16-6(11)15-7(12)17-8/h4-5H2,1-3H3,(H,14,18)(H,13,15,16,17). The summed E-state index contributed by atoms with van der Waals surface area (Å²) in [6.45, 7) is 6.12. The second-order valence-corrected chi connectivity index (χ2v) is 5.23. The Labute approximate surface area is 121 Å². The van der Waals surface area contributed by atoms with Crippen LogP contribution in [0.15, 0.2) is 0 Å². The summed E-state index contributed by atoms with van der Waals surface area (Å²) >= 11 is 11.2. The van der Waals surface area contributed by atoms with Crippen molar-refractivity contribution in [3.63, 3.8) is 0 Å². The maximum Gasteiger partial charge on any atom is 0.407 e. The zero-order valence-electron chi connectivity index (χ0n) is 10.8. The van der Waals surface area contributed by atoms with Crippen LogP contribution in [0.5, 0.6) is 0 Å². The zero-order chi connectivity index (χ0) is 14.5. The van der Waals surface area contributed by atoms with Crippen LogP contribution in [0.25, 0.3) is 0 Å². The molecule has 0 spiro atoms. The Hall–Kier alpha value is -1.34. The molecule has 106 valence electrons. The van der Waals surface area contributed by atoms with Gasteiger partial charge in [0.2, 0.25) is 16.5 Å². The van der Waals surface area contributed by atoms with Gasteiger partial charge in [0.05, 0.1) is 0 Å². The maximum absolute atomic E-state index is 11.3. The lowest BCUT2D eigenvalue weighted by atomic mass is 10.2. The normalized spacial score (nSPS) is 11.0. The number of halogens is 2. The molecule has 0 bridgehead atoms. The van der Waals surface area contributed by atoms with Gasteiger partial charge in [-0.25, -0.2) is 4.79 Å². The number of alkyl carbamates (subject to hydrolysis) is 1. The number of anilines is 1. The van der Waals surface area contributed by atoms with Crippen LogP contribution in [0.1, 0.15) is 20.8 Å². The van der Waals surface area contributed by atoms with Gasteiger partial charge in [-0.05, 0) is 44.0 Å². The first-order valence-electron chi connectivity index (χ1n) is 5.54. The van der Waals surface area contributed by atoms with Crippen LogP contribution in [0.4, 0.5) is 10.7 Å². The number of hydrogen-bond donors (Lipinski definition) is 2. The quantitative estimate of drug-likeness (QED) is 0.828. The molecule has 0 saturated carbocycles. The van der Waals surface area contributed by atoms with E-state index in [9.17, 15) is 4.79 Å². The molecule has 1 aromatic rings. The summed E-state index contributed by atoms with van der Waals surface area (Å²) in [5.74, 6) is 0.246. The van der Waals surface area contributed by atoms with Crippen molar-refractivity contribution in [2.24, 2.45) is 0 Å². The summed E-state index contributed by atoms with van der Waals surface area (Å²) in [4.78, 5) is 22.6. The number of aromatic nitrogens is 3. The van der Waals surface area contributed by atoms with Crippen LogP contribution < -0.4 is 10.6 Å². The summed E-state index contributed by atoms with van der Waals surface area (Å²) in [6, 6.07) is 0. The predicted octanol–water partition coefficient (Wildman–Crippen LogP) is 2.11. The minimum absolute atomic E-state index is 0.00241. The summed E-state index contributed by atoms with van der Waals surface area (Å²) in [5, 5.41) is 5.43. The Morgan fingerprint density at radius 3 is 2.26 bits per heavy atom. The van der Waals surface area contributed by atoms with Gasteiger partial charge in [-0.15, -0.1) is 0 Å². The molecule has 0 atom stereocenters. The topological polar surface area (TPSA) is 89.0 Å². The van der Waals surface area contributed by atoms with E-state index in [4.69, 9.17) is 27.9 Å². The molecule has 0 aliphatic rings. The molecule has 2 N–H and O–H groups in total. The number of carbonyl (C=O) groups is 1. The Kier molecular flexibility index (Phi) is 5.56. The van der Waals surface area contributed by atoms with Gasteiger partial charge >= 0.3 is 6.09 Å². The number of rotatable bonds is 4. The van der Waals surface area contributed by atoms with Crippen molar-refractivity contribution in [3.8, 4) is 0 Å². The van der Waals surface area contributed by atoms with Crippen LogP contribution in [-0.2, 0) is 4.74 Å². The van der Waals surface area contributed by atoms with Gasteiger partial charge in [-0.3, -0.25) is 0 Å². The molecule has 0 saturated heterocycles. The average Bonchev–Trinajstić information content (AvgIpc) is 2.20. The third-order valence-corrected chi connectivity index (χ3v) is 2.00. The molecular formula is C10H15Cl2N5O2. The highest BCUT2D eigenvalue weighted by Gasteiger charge is 2.15. The molecule has 0 aliphatic heterocycles. The minimum Gasteiger partial charge on any atom is -0.444 e. The van der Waals surface area contributed by atoms with E-state index in [1.807, 2.05) is 0 Å². The van der Waals surface area contributed by atoms with Crippen LogP contribution in [0.2, 0.25) is 10.6 Å². The largest absolute Gasteiger partial charge is 0.444 e. The third kappa shape index (κ3) is 6.97. The van der Waals surface area contributed by atoms with Crippen molar-refractivity contribution < 1.29 is 9.53 Å². The minimum atomic E-state index is -0.521. The average molecular weight is 308 g/mol. The molecule has 0 fully saturated rings. The van der Waals surface area contributed by atoms with Crippen LogP contribution in [-0.4, -0.2) is 39.7 Å². The monoisotopic (exact) mass is 307 g/mol. The van der Waals surface area contributed by atoms with E-state index in [0.717, 1.165) is 0 Å². The molecular weight excluding hydrogens is 293 g/mol. The van der Waals surface area contributed by atoms with E-state index in [1.165, 1.54) is 0 Å². The van der Waals surface area contributed by atoms with Crippen molar-refractivity contribution in [2.75, 3.05) is 18.4 Å². The SMILES string of the molecule is CC(C)(C)OC(=O)NCCNc1nc(Cl)nc(Cl)n1. The van der Waals surface area contributed by atoms with Gasteiger partial charge < -0.3 is 15.4 Å². The number of ether oxygens (including phenoxy) is 1. The maximum atomic E-state index is 11.3. The third-order valence-electron chi connectivity index (χ3n) is 1.66. The van der Waals surface area contributed by atoms with E-state index >= 15 is 0 Å². The first-order chi connectivity index (χ1) is 8.76. The van der Waals surface area contributed by atoms with E-state index in [-0.39, 0.29) is 16.5 Å². The van der Waals surface area contributed by atoms with Crippen LogP contribution >= 0.6 is 23.2 Å². The van der Waals surface area contributed by atoms with E-state index in [0.29, 0.717) is 13.1 Å². The number of hydrogen-bond acceptors (Lipinski definition) is 6. The zero-order valence-corrected chi connectivity index (χ0v) is 12.3. The lowest BCUT2D eigenvalue weighted by Gasteiger charge is -2.19. The highest BCUT2D eigenvalue weighted by molar-refractivity contribution is 6.31. The van der Waals surface area contributed by atoms with Crippen molar-refractivity contribution in [1.82, 2.24) is 20.3 Å². The smallest absolute Gasteiger partial charge is 0.407 e. The van der Waals surface area contributed by atoms with Gasteiger partial charge in [0, 0.05) is 13.1 Å². The van der Waals surface area contributed by atoms with E-state index in [2.05, 4.69) is 25.6 Å². The lowest BCUT2D eigenvalue weighted by molar-refractivity contribution is 0.0530. The fourth-order valence-electron chi connectivity index (χ4n) is 1.06. The van der Waals surface area contributed by atoms with Gasteiger partial charge in [-0.1, -0.05) is 0 Å². The molecule has 19 heavy (non-hydrogen) atoms. The van der Waals surface area contributed by atoms with Crippen LogP contribution in [0.3, 0.4) is 0 Å². The van der Waals surface area contributed by atoms with Gasteiger partial charge in [-0.2, -0.15) is 15.0 Å². The van der Waals surface area contributed by atoms with Crippen LogP contribution in [0, 0.1) is 0 Å². The Bertz CT molecular complexity index is 430. The molecule has 0 unspecified atom stereocenters. The molecule has 1 heterocycles. The molecule has 9 heteroatoms. The second kappa shape index (κ2) is 6.72. The highest BCUT2D eigenvalue weighted by atomic mass is 35.5. The number of amides is 1. The van der Waals surface area contributed by atoms with E-state index < -0.39 is 11.7 Å². The summed E-state index contributed by atoms with van der Waals surface area (Å²) < 4.78 is 5.07. The van der Waals surface area contributed by atoms with Crippen molar-refractivity contribution in [3.05, 3.63) is 10.6 Å². The Morgan fingerprint density at radius 2 is 1.74 bits per heavy atom. The molecule has 7 nitrogen and oxygen atoms in total. The Morgan fingerprint density at radius 1 is 1.16 bits per heavy atom. The molecule has 1 amide bonds. The number of carbonyl (C=O) groups excluding carboxylic acids is 1. The van der Waals surface area contributed by atoms with E-state index in [1.54, 1.807) is 20.8 Å². The van der Waals surface area contributed by atoms with Gasteiger partial charge in [0.1, 0.15) is 5.60 Å². The number of nitrogens with one attached hydrogen (secondary N) is 2. The molecule has 0 radical (unpaired) electrons. The Balaban J connectivity index is 2.29. The lowest BCUT2D eigenvalue weighted by Crippen LogP contribution is -2.35. The highest BCUT2D eigenvalue weighted by Crippen LogP contribution is 2.09. The molecule has 1 rings (SSSR count). The van der Waals surface area contributed by atoms with Crippen molar-refractivity contribution in [2.45, 2.75) is 26.4 Å². The predicted molar refractivity (Wildman–Crippen MR) is 72.6 cm³/mol. The summed E-state index contributed by atoms with van der Waals surface area (Å²) in [5.41, 5.74) is -0.521. The second-order valence-electron chi connectivity index (χ2n) is 4.55. The molecule has 0 aromatic carbocycles. The summed E-state index contributed by atoms with van der Waals surface area (Å²) in [7, 11) is 0.